The van der Waals surface area contributed by atoms with E-state index in [0.29, 0.717) is 0 Å². The van der Waals surface area contributed by atoms with Crippen LogP contribution in [-0.4, -0.2) is 0 Å². The van der Waals surface area contributed by atoms with Gasteiger partial charge < -0.3 is 0 Å². The standard InChI is InChI=1S/C19H15F/c1-19(2)15-10-4-7-12-6-3-8-13(17(12)15)14-9-5-11-16(20)18(14)19/h3-11H,1-2H3. The van der Waals surface area contributed by atoms with Crippen molar-refractivity contribution < 1.29 is 4.39 Å². The summed E-state index contributed by atoms with van der Waals surface area (Å²) in [5.41, 5.74) is 3.88. The minimum Gasteiger partial charge on any atom is -0.207 e. The van der Waals surface area contributed by atoms with E-state index in [-0.39, 0.29) is 11.2 Å². The number of rotatable bonds is 0. The van der Waals surface area contributed by atoms with Gasteiger partial charge in [0.15, 0.2) is 0 Å². The van der Waals surface area contributed by atoms with Crippen LogP contribution in [0.25, 0.3) is 21.9 Å². The highest BCUT2D eigenvalue weighted by Crippen LogP contribution is 2.49. The smallest absolute Gasteiger partial charge is 0.127 e. The second-order valence-corrected chi connectivity index (χ2v) is 6.00. The van der Waals surface area contributed by atoms with Gasteiger partial charge in [0.1, 0.15) is 5.82 Å². The molecule has 0 heterocycles. The van der Waals surface area contributed by atoms with E-state index in [2.05, 4.69) is 50.2 Å². The van der Waals surface area contributed by atoms with E-state index in [1.807, 2.05) is 6.07 Å². The molecule has 1 aliphatic rings. The Balaban J connectivity index is 2.29. The number of hydrogen-bond acceptors (Lipinski definition) is 0. The summed E-state index contributed by atoms with van der Waals surface area (Å²) in [4.78, 5) is 0. The van der Waals surface area contributed by atoms with E-state index in [9.17, 15) is 4.39 Å². The summed E-state index contributed by atoms with van der Waals surface area (Å²) >= 11 is 0. The van der Waals surface area contributed by atoms with Crippen LogP contribution in [0.4, 0.5) is 4.39 Å². The van der Waals surface area contributed by atoms with Crippen LogP contribution < -0.4 is 0 Å². The molecular formula is C19H15F. The molecular weight excluding hydrogens is 247 g/mol. The van der Waals surface area contributed by atoms with Gasteiger partial charge in [0.25, 0.3) is 0 Å². The quantitative estimate of drug-likeness (QED) is 0.516. The van der Waals surface area contributed by atoms with Crippen LogP contribution >= 0.6 is 0 Å². The van der Waals surface area contributed by atoms with Gasteiger partial charge in [0.2, 0.25) is 0 Å². The summed E-state index contributed by atoms with van der Waals surface area (Å²) in [7, 11) is 0. The molecule has 98 valence electrons. The van der Waals surface area contributed by atoms with Gasteiger partial charge in [-0.2, -0.15) is 0 Å². The summed E-state index contributed by atoms with van der Waals surface area (Å²) in [6, 6.07) is 18.0. The molecule has 0 unspecified atom stereocenters. The third-order valence-electron chi connectivity index (χ3n) is 4.51. The van der Waals surface area contributed by atoms with Crippen LogP contribution in [0.5, 0.6) is 0 Å². The first-order chi connectivity index (χ1) is 9.60. The van der Waals surface area contributed by atoms with Crippen LogP contribution in [0.2, 0.25) is 0 Å². The van der Waals surface area contributed by atoms with Gasteiger partial charge in [-0.1, -0.05) is 62.4 Å². The highest BCUT2D eigenvalue weighted by molar-refractivity contribution is 6.03. The van der Waals surface area contributed by atoms with E-state index >= 15 is 0 Å². The average Bonchev–Trinajstić information content (AvgIpc) is 2.44. The SMILES string of the molecule is CC1(C)c2c(F)cccc2-c2cccc3cccc1c23. The number of hydrogen-bond donors (Lipinski definition) is 0. The molecule has 0 fully saturated rings. The van der Waals surface area contributed by atoms with Gasteiger partial charge in [-0.15, -0.1) is 0 Å². The predicted octanol–water partition coefficient (Wildman–Crippen LogP) is 5.29. The highest BCUT2D eigenvalue weighted by Gasteiger charge is 2.35. The van der Waals surface area contributed by atoms with Gasteiger partial charge in [-0.05, 0) is 33.5 Å². The zero-order valence-electron chi connectivity index (χ0n) is 11.6. The fraction of sp³-hybridized carbons (Fsp3) is 0.158. The van der Waals surface area contributed by atoms with Crippen molar-refractivity contribution in [3.05, 3.63) is 71.5 Å². The zero-order valence-corrected chi connectivity index (χ0v) is 11.6. The molecule has 0 aliphatic heterocycles. The first-order valence-corrected chi connectivity index (χ1v) is 6.92. The summed E-state index contributed by atoms with van der Waals surface area (Å²) in [6.07, 6.45) is 0. The Labute approximate surface area is 117 Å². The Morgan fingerprint density at radius 1 is 0.800 bits per heavy atom. The van der Waals surface area contributed by atoms with Crippen molar-refractivity contribution >= 4 is 10.8 Å². The fourth-order valence-corrected chi connectivity index (χ4v) is 3.60. The lowest BCUT2D eigenvalue weighted by Crippen LogP contribution is -2.25. The largest absolute Gasteiger partial charge is 0.207 e. The zero-order chi connectivity index (χ0) is 13.9. The molecule has 0 saturated carbocycles. The summed E-state index contributed by atoms with van der Waals surface area (Å²) in [5.74, 6) is -0.112. The van der Waals surface area contributed by atoms with Crippen LogP contribution in [0.1, 0.15) is 25.0 Å². The minimum atomic E-state index is -0.311. The molecule has 0 saturated heterocycles. The maximum Gasteiger partial charge on any atom is 0.127 e. The van der Waals surface area contributed by atoms with Crippen molar-refractivity contribution in [2.75, 3.05) is 0 Å². The average molecular weight is 262 g/mol. The maximum atomic E-state index is 14.4. The summed E-state index contributed by atoms with van der Waals surface area (Å²) < 4.78 is 14.4. The van der Waals surface area contributed by atoms with Crippen molar-refractivity contribution in [1.29, 1.82) is 0 Å². The second kappa shape index (κ2) is 3.69. The molecule has 0 aromatic heterocycles. The molecule has 0 bridgehead atoms. The maximum absolute atomic E-state index is 14.4. The van der Waals surface area contributed by atoms with Gasteiger partial charge in [0.05, 0.1) is 0 Å². The van der Waals surface area contributed by atoms with Crippen LogP contribution in [0.15, 0.2) is 54.6 Å². The van der Waals surface area contributed by atoms with Crippen LogP contribution in [0, 0.1) is 5.82 Å². The molecule has 4 rings (SSSR count). The van der Waals surface area contributed by atoms with Crippen LogP contribution in [-0.2, 0) is 5.41 Å². The van der Waals surface area contributed by atoms with Crippen molar-refractivity contribution in [2.24, 2.45) is 0 Å². The lowest BCUT2D eigenvalue weighted by atomic mass is 9.68. The lowest BCUT2D eigenvalue weighted by molar-refractivity contribution is 0.550. The third kappa shape index (κ3) is 1.30. The van der Waals surface area contributed by atoms with E-state index in [4.69, 9.17) is 0 Å². The van der Waals surface area contributed by atoms with Crippen molar-refractivity contribution in [1.82, 2.24) is 0 Å². The molecule has 0 amide bonds. The lowest BCUT2D eigenvalue weighted by Gasteiger charge is -2.35. The van der Waals surface area contributed by atoms with E-state index in [0.717, 1.165) is 16.7 Å². The molecule has 0 spiro atoms. The third-order valence-corrected chi connectivity index (χ3v) is 4.51. The van der Waals surface area contributed by atoms with Crippen molar-refractivity contribution in [3.8, 4) is 11.1 Å². The van der Waals surface area contributed by atoms with Gasteiger partial charge in [-0.3, -0.25) is 0 Å². The van der Waals surface area contributed by atoms with Gasteiger partial charge in [0, 0.05) is 11.0 Å². The van der Waals surface area contributed by atoms with Crippen LogP contribution in [0.3, 0.4) is 0 Å². The number of halogens is 1. The predicted molar refractivity (Wildman–Crippen MR) is 81.5 cm³/mol. The second-order valence-electron chi connectivity index (χ2n) is 6.00. The first-order valence-electron chi connectivity index (χ1n) is 6.92. The molecule has 1 heteroatoms. The molecule has 0 atom stereocenters. The first kappa shape index (κ1) is 11.7. The Hall–Kier alpha value is -2.15. The molecule has 1 aliphatic carbocycles. The molecule has 0 nitrogen and oxygen atoms in total. The van der Waals surface area contributed by atoms with E-state index < -0.39 is 0 Å². The summed E-state index contributed by atoms with van der Waals surface area (Å²) in [5, 5.41) is 2.49. The Morgan fingerprint density at radius 2 is 1.45 bits per heavy atom. The van der Waals surface area contributed by atoms with E-state index in [1.165, 1.54) is 16.3 Å². The molecule has 20 heavy (non-hydrogen) atoms. The Bertz CT molecular complexity index is 838. The Morgan fingerprint density at radius 3 is 2.25 bits per heavy atom. The molecule has 0 N–H and O–H groups in total. The van der Waals surface area contributed by atoms with Gasteiger partial charge in [-0.25, -0.2) is 4.39 Å². The number of benzene rings is 3. The Kier molecular flexibility index (Phi) is 2.15. The van der Waals surface area contributed by atoms with Crippen molar-refractivity contribution in [2.45, 2.75) is 19.3 Å². The van der Waals surface area contributed by atoms with Gasteiger partial charge >= 0.3 is 0 Å². The van der Waals surface area contributed by atoms with E-state index in [1.54, 1.807) is 12.1 Å². The van der Waals surface area contributed by atoms with Crippen molar-refractivity contribution in [3.63, 3.8) is 0 Å². The topological polar surface area (TPSA) is 0 Å². The number of fused-ring (bicyclic) bond motifs is 2. The minimum absolute atomic E-state index is 0.112. The summed E-state index contributed by atoms with van der Waals surface area (Å²) in [6.45, 7) is 4.22. The normalized spacial score (nSPS) is 15.2. The fourth-order valence-electron chi connectivity index (χ4n) is 3.60. The molecule has 3 aromatic rings. The molecule has 3 aromatic carbocycles. The monoisotopic (exact) mass is 262 g/mol. The highest BCUT2D eigenvalue weighted by atomic mass is 19.1. The molecule has 0 radical (unpaired) electrons.